The lowest BCUT2D eigenvalue weighted by Crippen LogP contribution is -2.14. The van der Waals surface area contributed by atoms with E-state index in [1.165, 1.54) is 0 Å². The topological polar surface area (TPSA) is 80.4 Å². The number of pyridine rings is 1. The largest absolute Gasteiger partial charge is 0.454 e. The average Bonchev–Trinajstić information content (AvgIpc) is 3.30. The Bertz CT molecular complexity index is 1120. The third kappa shape index (κ3) is 2.34. The second kappa shape index (κ2) is 5.62. The van der Waals surface area contributed by atoms with Crippen molar-refractivity contribution >= 4 is 22.5 Å². The maximum absolute atomic E-state index is 12.5. The number of hydrogen-bond donors (Lipinski definition) is 2. The summed E-state index contributed by atoms with van der Waals surface area (Å²) >= 11 is 0. The SMILES string of the molecule is O=C(Nc1ccc2c3c(c(=O)[nH]c2c1)CCC3)c1ccc2c(c1)OCO2. The normalized spacial score (nSPS) is 14.5. The Morgan fingerprint density at radius 2 is 1.85 bits per heavy atom. The van der Waals surface area contributed by atoms with Gasteiger partial charge >= 0.3 is 0 Å². The van der Waals surface area contributed by atoms with E-state index >= 15 is 0 Å². The van der Waals surface area contributed by atoms with Gasteiger partial charge in [0.1, 0.15) is 0 Å². The van der Waals surface area contributed by atoms with Gasteiger partial charge in [0.25, 0.3) is 11.5 Å². The van der Waals surface area contributed by atoms with Gasteiger partial charge in [-0.3, -0.25) is 9.59 Å². The van der Waals surface area contributed by atoms with Crippen molar-refractivity contribution in [2.24, 2.45) is 0 Å². The molecule has 6 nitrogen and oxygen atoms in total. The van der Waals surface area contributed by atoms with Crippen LogP contribution in [0.2, 0.25) is 0 Å². The van der Waals surface area contributed by atoms with E-state index in [0.29, 0.717) is 22.7 Å². The highest BCUT2D eigenvalue weighted by atomic mass is 16.7. The molecule has 5 rings (SSSR count). The maximum Gasteiger partial charge on any atom is 0.255 e. The number of amides is 1. The summed E-state index contributed by atoms with van der Waals surface area (Å²) in [6, 6.07) is 10.7. The Balaban J connectivity index is 1.47. The number of H-pyrrole nitrogens is 1. The maximum atomic E-state index is 12.5. The number of aromatic amines is 1. The summed E-state index contributed by atoms with van der Waals surface area (Å²) in [6.07, 6.45) is 2.78. The predicted molar refractivity (Wildman–Crippen MR) is 97.1 cm³/mol. The highest BCUT2D eigenvalue weighted by Crippen LogP contribution is 2.33. The van der Waals surface area contributed by atoms with Gasteiger partial charge in [0.05, 0.1) is 5.52 Å². The number of benzene rings is 2. The van der Waals surface area contributed by atoms with Crippen LogP contribution in [0.3, 0.4) is 0 Å². The number of carbonyl (C=O) groups excluding carboxylic acids is 1. The van der Waals surface area contributed by atoms with E-state index in [9.17, 15) is 9.59 Å². The zero-order chi connectivity index (χ0) is 17.7. The number of carbonyl (C=O) groups is 1. The fourth-order valence-electron chi connectivity index (χ4n) is 3.72. The molecule has 1 aromatic heterocycles. The van der Waals surface area contributed by atoms with Crippen LogP contribution in [0, 0.1) is 0 Å². The summed E-state index contributed by atoms with van der Waals surface area (Å²) in [5.41, 5.74) is 3.88. The Morgan fingerprint density at radius 1 is 1.00 bits per heavy atom. The van der Waals surface area contributed by atoms with Crippen molar-refractivity contribution in [1.29, 1.82) is 0 Å². The van der Waals surface area contributed by atoms with E-state index in [0.717, 1.165) is 41.3 Å². The number of hydrogen-bond acceptors (Lipinski definition) is 4. The molecule has 0 spiro atoms. The van der Waals surface area contributed by atoms with Gasteiger partial charge in [-0.05, 0) is 55.2 Å². The number of nitrogens with one attached hydrogen (secondary N) is 2. The molecule has 2 heterocycles. The molecule has 3 aromatic rings. The molecular formula is C20H16N2O4. The minimum atomic E-state index is -0.244. The van der Waals surface area contributed by atoms with Crippen LogP contribution in [-0.2, 0) is 12.8 Å². The van der Waals surface area contributed by atoms with Gasteiger partial charge < -0.3 is 19.8 Å². The van der Waals surface area contributed by atoms with Crippen LogP contribution in [0.15, 0.2) is 41.2 Å². The first-order chi connectivity index (χ1) is 12.7. The number of anilines is 1. The predicted octanol–water partition coefficient (Wildman–Crippen LogP) is 3.00. The third-order valence-electron chi connectivity index (χ3n) is 4.98. The molecule has 130 valence electrons. The number of rotatable bonds is 2. The number of aryl methyl sites for hydroxylation is 1. The summed E-state index contributed by atoms with van der Waals surface area (Å²) in [5, 5.41) is 3.93. The molecule has 1 aliphatic heterocycles. The van der Waals surface area contributed by atoms with Crippen molar-refractivity contribution in [3.05, 3.63) is 63.4 Å². The standard InChI is InChI=1S/C20H16N2O4/c23-19(11-4-7-17-18(8-11)26-10-25-17)21-12-5-6-14-13-2-1-3-15(13)20(24)22-16(14)9-12/h4-9H,1-3,10H2,(H,21,23)(H,22,24). The number of aromatic nitrogens is 1. The zero-order valence-electron chi connectivity index (χ0n) is 13.9. The highest BCUT2D eigenvalue weighted by molar-refractivity contribution is 6.05. The molecule has 6 heteroatoms. The molecular weight excluding hydrogens is 332 g/mol. The first-order valence-electron chi connectivity index (χ1n) is 8.58. The smallest absolute Gasteiger partial charge is 0.255 e. The Morgan fingerprint density at radius 3 is 2.77 bits per heavy atom. The minimum Gasteiger partial charge on any atom is -0.454 e. The minimum absolute atomic E-state index is 0.0238. The van der Waals surface area contributed by atoms with Crippen LogP contribution >= 0.6 is 0 Å². The highest BCUT2D eigenvalue weighted by Gasteiger charge is 2.19. The number of ether oxygens (including phenoxy) is 2. The van der Waals surface area contributed by atoms with Gasteiger partial charge in [-0.15, -0.1) is 0 Å². The lowest BCUT2D eigenvalue weighted by Gasteiger charge is -2.09. The van der Waals surface area contributed by atoms with Crippen LogP contribution in [0.1, 0.15) is 27.9 Å². The van der Waals surface area contributed by atoms with Gasteiger partial charge in [-0.1, -0.05) is 6.07 Å². The average molecular weight is 348 g/mol. The molecule has 26 heavy (non-hydrogen) atoms. The van der Waals surface area contributed by atoms with Crippen molar-refractivity contribution in [3.63, 3.8) is 0 Å². The third-order valence-corrected chi connectivity index (χ3v) is 4.98. The molecule has 2 aliphatic rings. The molecule has 1 aliphatic carbocycles. The summed E-state index contributed by atoms with van der Waals surface area (Å²) in [7, 11) is 0. The monoisotopic (exact) mass is 348 g/mol. The molecule has 1 amide bonds. The molecule has 0 unspecified atom stereocenters. The molecule has 0 atom stereocenters. The van der Waals surface area contributed by atoms with Gasteiger partial charge in [0.2, 0.25) is 6.79 Å². The van der Waals surface area contributed by atoms with E-state index in [-0.39, 0.29) is 18.3 Å². The summed E-state index contributed by atoms with van der Waals surface area (Å²) in [6.45, 7) is 0.169. The van der Waals surface area contributed by atoms with Gasteiger partial charge in [-0.2, -0.15) is 0 Å². The first-order valence-corrected chi connectivity index (χ1v) is 8.58. The van der Waals surface area contributed by atoms with Crippen molar-refractivity contribution in [2.75, 3.05) is 12.1 Å². The molecule has 0 fully saturated rings. The second-order valence-corrected chi connectivity index (χ2v) is 6.55. The molecule has 0 bridgehead atoms. The number of fused-ring (bicyclic) bond motifs is 4. The van der Waals surface area contributed by atoms with Crippen LogP contribution in [-0.4, -0.2) is 17.7 Å². The van der Waals surface area contributed by atoms with Crippen molar-refractivity contribution in [3.8, 4) is 11.5 Å². The van der Waals surface area contributed by atoms with Crippen molar-refractivity contribution in [2.45, 2.75) is 19.3 Å². The Labute approximate surface area is 148 Å². The fraction of sp³-hybridized carbons (Fsp3) is 0.200. The molecule has 0 saturated heterocycles. The fourth-order valence-corrected chi connectivity index (χ4v) is 3.72. The molecule has 0 saturated carbocycles. The van der Waals surface area contributed by atoms with Crippen LogP contribution in [0.5, 0.6) is 11.5 Å². The van der Waals surface area contributed by atoms with Crippen LogP contribution in [0.4, 0.5) is 5.69 Å². The molecule has 2 N–H and O–H groups in total. The molecule has 0 radical (unpaired) electrons. The summed E-state index contributed by atoms with van der Waals surface area (Å²) < 4.78 is 10.6. The Hall–Kier alpha value is -3.28. The molecule has 2 aromatic carbocycles. The quantitative estimate of drug-likeness (QED) is 0.746. The summed E-state index contributed by atoms with van der Waals surface area (Å²) in [4.78, 5) is 27.7. The van der Waals surface area contributed by atoms with Crippen molar-refractivity contribution in [1.82, 2.24) is 4.98 Å². The lowest BCUT2D eigenvalue weighted by molar-refractivity contribution is 0.102. The van der Waals surface area contributed by atoms with E-state index in [4.69, 9.17) is 9.47 Å². The zero-order valence-corrected chi connectivity index (χ0v) is 13.9. The van der Waals surface area contributed by atoms with E-state index < -0.39 is 0 Å². The Kier molecular flexibility index (Phi) is 3.25. The lowest BCUT2D eigenvalue weighted by atomic mass is 10.1. The van der Waals surface area contributed by atoms with E-state index in [1.54, 1.807) is 24.3 Å². The second-order valence-electron chi connectivity index (χ2n) is 6.55. The summed E-state index contributed by atoms with van der Waals surface area (Å²) in [5.74, 6) is 0.959. The van der Waals surface area contributed by atoms with Gasteiger partial charge in [0.15, 0.2) is 11.5 Å². The van der Waals surface area contributed by atoms with Gasteiger partial charge in [-0.25, -0.2) is 0 Å². The van der Waals surface area contributed by atoms with Gasteiger partial charge in [0, 0.05) is 22.2 Å². The van der Waals surface area contributed by atoms with Crippen molar-refractivity contribution < 1.29 is 14.3 Å². The van der Waals surface area contributed by atoms with E-state index in [2.05, 4.69) is 10.3 Å². The van der Waals surface area contributed by atoms with E-state index in [1.807, 2.05) is 12.1 Å². The van der Waals surface area contributed by atoms with Crippen LogP contribution < -0.4 is 20.3 Å². The first kappa shape index (κ1) is 15.0. The van der Waals surface area contributed by atoms with Crippen LogP contribution in [0.25, 0.3) is 10.9 Å².